The Hall–Kier alpha value is -3.34. The van der Waals surface area contributed by atoms with Crippen molar-refractivity contribution < 1.29 is 24.5 Å². The molecule has 0 amide bonds. The molecule has 0 aliphatic heterocycles. The topological polar surface area (TPSA) is 83.8 Å². The molecular formula is C23H22O5. The van der Waals surface area contributed by atoms with Gasteiger partial charge in [0.05, 0.1) is 7.11 Å². The lowest BCUT2D eigenvalue weighted by molar-refractivity contribution is -0.147. The van der Waals surface area contributed by atoms with Crippen LogP contribution in [-0.4, -0.2) is 29.3 Å². The molecule has 0 saturated carbocycles. The number of carboxylic acid groups (broad SMARTS) is 2. The molecule has 2 N–H and O–H groups in total. The van der Waals surface area contributed by atoms with Gasteiger partial charge in [-0.15, -0.1) is 0 Å². The van der Waals surface area contributed by atoms with Crippen LogP contribution in [-0.2, 0) is 16.0 Å². The highest BCUT2D eigenvalue weighted by atomic mass is 16.5. The number of aliphatic carboxylic acids is 2. The van der Waals surface area contributed by atoms with E-state index in [-0.39, 0.29) is 12.0 Å². The number of rotatable bonds is 6. The van der Waals surface area contributed by atoms with Gasteiger partial charge >= 0.3 is 11.9 Å². The minimum atomic E-state index is -1.41. The molecule has 0 bridgehead atoms. The number of benzene rings is 2. The van der Waals surface area contributed by atoms with Crippen LogP contribution in [0.4, 0.5) is 0 Å². The van der Waals surface area contributed by atoms with Crippen molar-refractivity contribution in [2.75, 3.05) is 7.11 Å². The van der Waals surface area contributed by atoms with Gasteiger partial charge in [-0.05, 0) is 42.2 Å². The molecule has 0 saturated heterocycles. The van der Waals surface area contributed by atoms with E-state index in [1.54, 1.807) is 50.5 Å². The second-order valence-corrected chi connectivity index (χ2v) is 6.95. The number of carbonyl (C=O) groups is 2. The van der Waals surface area contributed by atoms with Crippen molar-refractivity contribution in [3.8, 4) is 5.75 Å². The molecular weight excluding hydrogens is 356 g/mol. The van der Waals surface area contributed by atoms with Gasteiger partial charge in [0.15, 0.2) is 0 Å². The average molecular weight is 378 g/mol. The first-order chi connectivity index (χ1) is 13.4. The number of carboxylic acids is 2. The Labute approximate surface area is 163 Å². The highest BCUT2D eigenvalue weighted by molar-refractivity contribution is 5.94. The molecule has 1 aliphatic carbocycles. The maximum atomic E-state index is 12.6. The van der Waals surface area contributed by atoms with Gasteiger partial charge in [-0.3, -0.25) is 4.79 Å². The standard InChI is InChI=1S/C23H22O5/c1-15-12-13-23(22(26)27,14-16-6-4-3-5-7-16)20(19(15)21(24)25)17-8-10-18(28-2)11-9-17/h3-13,20H,14H2,1-2H3,(H,24,25)(H,26,27). The lowest BCUT2D eigenvalue weighted by Gasteiger charge is -2.39. The van der Waals surface area contributed by atoms with Crippen molar-refractivity contribution in [1.82, 2.24) is 0 Å². The minimum Gasteiger partial charge on any atom is -0.497 e. The van der Waals surface area contributed by atoms with Gasteiger partial charge in [-0.25, -0.2) is 4.79 Å². The maximum Gasteiger partial charge on any atom is 0.332 e. The zero-order valence-corrected chi connectivity index (χ0v) is 15.8. The zero-order chi connectivity index (χ0) is 20.3. The largest absolute Gasteiger partial charge is 0.497 e. The van der Waals surface area contributed by atoms with Gasteiger partial charge in [0.2, 0.25) is 0 Å². The third kappa shape index (κ3) is 3.43. The molecule has 28 heavy (non-hydrogen) atoms. The highest BCUT2D eigenvalue weighted by Crippen LogP contribution is 2.49. The molecule has 2 unspecified atom stereocenters. The molecule has 2 aromatic rings. The molecule has 0 spiro atoms. The third-order valence-electron chi connectivity index (χ3n) is 5.28. The molecule has 1 aliphatic rings. The summed E-state index contributed by atoms with van der Waals surface area (Å²) in [5.74, 6) is -2.38. The Kier molecular flexibility index (Phi) is 5.36. The van der Waals surface area contributed by atoms with E-state index in [4.69, 9.17) is 4.74 Å². The first-order valence-electron chi connectivity index (χ1n) is 8.93. The second kappa shape index (κ2) is 7.72. The van der Waals surface area contributed by atoms with E-state index in [2.05, 4.69) is 0 Å². The summed E-state index contributed by atoms with van der Waals surface area (Å²) in [6.07, 6.45) is 3.43. The number of methoxy groups -OCH3 is 1. The van der Waals surface area contributed by atoms with Gasteiger partial charge in [0, 0.05) is 11.5 Å². The molecule has 5 heteroatoms. The van der Waals surface area contributed by atoms with E-state index in [0.717, 1.165) is 5.56 Å². The van der Waals surface area contributed by atoms with Gasteiger partial charge < -0.3 is 14.9 Å². The Morgan fingerprint density at radius 1 is 1.04 bits per heavy atom. The van der Waals surface area contributed by atoms with Gasteiger partial charge in [0.25, 0.3) is 0 Å². The van der Waals surface area contributed by atoms with E-state index in [0.29, 0.717) is 16.9 Å². The normalized spacial score (nSPS) is 21.4. The van der Waals surface area contributed by atoms with Gasteiger partial charge in [0.1, 0.15) is 11.2 Å². The van der Waals surface area contributed by atoms with Crippen molar-refractivity contribution in [3.05, 3.63) is 89.0 Å². The van der Waals surface area contributed by atoms with Crippen molar-refractivity contribution in [1.29, 1.82) is 0 Å². The SMILES string of the molecule is COc1ccc(C2C(C(=O)O)=C(C)C=CC2(Cc2ccccc2)C(=O)O)cc1. The van der Waals surface area contributed by atoms with Crippen LogP contribution in [0.1, 0.15) is 24.0 Å². The molecule has 0 aromatic heterocycles. The summed E-state index contributed by atoms with van der Waals surface area (Å²) in [6.45, 7) is 1.70. The highest BCUT2D eigenvalue weighted by Gasteiger charge is 2.50. The first kappa shape index (κ1) is 19.4. The number of allylic oxidation sites excluding steroid dienone is 2. The minimum absolute atomic E-state index is 0.103. The molecule has 2 atom stereocenters. The summed E-state index contributed by atoms with van der Waals surface area (Å²) in [7, 11) is 1.54. The van der Waals surface area contributed by atoms with E-state index < -0.39 is 23.3 Å². The summed E-state index contributed by atoms with van der Waals surface area (Å²) in [5.41, 5.74) is 0.699. The lowest BCUT2D eigenvalue weighted by atomic mass is 9.62. The predicted octanol–water partition coefficient (Wildman–Crippen LogP) is 4.06. The van der Waals surface area contributed by atoms with E-state index in [1.165, 1.54) is 0 Å². The van der Waals surface area contributed by atoms with Gasteiger partial charge in [-0.2, -0.15) is 0 Å². The molecule has 0 heterocycles. The van der Waals surface area contributed by atoms with E-state index in [1.807, 2.05) is 30.3 Å². The summed E-state index contributed by atoms with van der Waals surface area (Å²) >= 11 is 0. The van der Waals surface area contributed by atoms with Crippen LogP contribution in [0.5, 0.6) is 5.75 Å². The van der Waals surface area contributed by atoms with E-state index >= 15 is 0 Å². The quantitative estimate of drug-likeness (QED) is 0.792. The molecule has 0 radical (unpaired) electrons. The molecule has 144 valence electrons. The molecule has 3 rings (SSSR count). The monoisotopic (exact) mass is 378 g/mol. The van der Waals surface area contributed by atoms with E-state index in [9.17, 15) is 19.8 Å². The lowest BCUT2D eigenvalue weighted by Crippen LogP contribution is -2.42. The number of ether oxygens (including phenoxy) is 1. The summed E-state index contributed by atoms with van der Waals surface area (Å²) < 4.78 is 5.19. The van der Waals surface area contributed by atoms with Crippen molar-refractivity contribution in [3.63, 3.8) is 0 Å². The van der Waals surface area contributed by atoms with Crippen molar-refractivity contribution in [2.45, 2.75) is 19.3 Å². The van der Waals surface area contributed by atoms with Gasteiger partial charge in [-0.1, -0.05) is 54.6 Å². The molecule has 5 nitrogen and oxygen atoms in total. The third-order valence-corrected chi connectivity index (χ3v) is 5.28. The zero-order valence-electron chi connectivity index (χ0n) is 15.8. The van der Waals surface area contributed by atoms with Crippen LogP contribution in [0.3, 0.4) is 0 Å². The Morgan fingerprint density at radius 2 is 1.68 bits per heavy atom. The van der Waals surface area contributed by atoms with Crippen LogP contribution in [0.2, 0.25) is 0 Å². The van der Waals surface area contributed by atoms with Crippen molar-refractivity contribution >= 4 is 11.9 Å². The fourth-order valence-electron chi connectivity index (χ4n) is 3.86. The second-order valence-electron chi connectivity index (χ2n) is 6.95. The summed E-state index contributed by atoms with van der Waals surface area (Å²) in [6, 6.07) is 16.2. The van der Waals surface area contributed by atoms with Crippen LogP contribution in [0, 0.1) is 5.41 Å². The molecule has 0 fully saturated rings. The smallest absolute Gasteiger partial charge is 0.332 e. The predicted molar refractivity (Wildman–Crippen MR) is 105 cm³/mol. The van der Waals surface area contributed by atoms with Crippen molar-refractivity contribution in [2.24, 2.45) is 5.41 Å². The average Bonchev–Trinajstić information content (AvgIpc) is 2.69. The Balaban J connectivity index is 2.21. The van der Waals surface area contributed by atoms with Crippen LogP contribution in [0.15, 0.2) is 77.9 Å². The fourth-order valence-corrected chi connectivity index (χ4v) is 3.86. The molecule has 2 aromatic carbocycles. The summed E-state index contributed by atoms with van der Waals surface area (Å²) in [5, 5.41) is 20.2. The van der Waals surface area contributed by atoms with Crippen LogP contribution >= 0.6 is 0 Å². The Morgan fingerprint density at radius 3 is 2.21 bits per heavy atom. The Bertz CT molecular complexity index is 941. The fraction of sp³-hybridized carbons (Fsp3) is 0.217. The van der Waals surface area contributed by atoms with Crippen LogP contribution in [0.25, 0.3) is 0 Å². The maximum absolute atomic E-state index is 12.6. The first-order valence-corrected chi connectivity index (χ1v) is 8.93. The number of hydrogen-bond acceptors (Lipinski definition) is 3. The van der Waals surface area contributed by atoms with Crippen LogP contribution < -0.4 is 4.74 Å². The summed E-state index contributed by atoms with van der Waals surface area (Å²) in [4.78, 5) is 24.7. The number of hydrogen-bond donors (Lipinski definition) is 2.